The highest BCUT2D eigenvalue weighted by Crippen LogP contribution is 2.20. The van der Waals surface area contributed by atoms with E-state index in [1.54, 1.807) is 12.3 Å². The highest BCUT2D eigenvalue weighted by molar-refractivity contribution is 5.69. The number of rotatable bonds is 5. The van der Waals surface area contributed by atoms with Crippen LogP contribution in [-0.4, -0.2) is 10.1 Å². The van der Waals surface area contributed by atoms with Crippen molar-refractivity contribution in [1.29, 1.82) is 0 Å². The molecule has 1 aromatic heterocycles. The summed E-state index contributed by atoms with van der Waals surface area (Å²) in [5.41, 5.74) is 8.13. The summed E-state index contributed by atoms with van der Waals surface area (Å²) in [6, 6.07) is 11.7. The van der Waals surface area contributed by atoms with Crippen molar-refractivity contribution < 1.29 is 5.11 Å². The van der Waals surface area contributed by atoms with E-state index in [0.29, 0.717) is 23.6 Å². The second-order valence-electron chi connectivity index (χ2n) is 4.29. The maximum absolute atomic E-state index is 9.72. The average Bonchev–Trinajstić information content (AvgIpc) is 2.47. The molecule has 0 radical (unpaired) electrons. The smallest absolute Gasteiger partial charge is 0.149 e. The largest absolute Gasteiger partial charge is 0.507 e. The van der Waals surface area contributed by atoms with Crippen LogP contribution >= 0.6 is 0 Å². The van der Waals surface area contributed by atoms with Gasteiger partial charge in [0.15, 0.2) is 0 Å². The molecule has 2 aromatic rings. The Morgan fingerprint density at radius 3 is 2.75 bits per heavy atom. The first kappa shape index (κ1) is 13.7. The maximum Gasteiger partial charge on any atom is 0.149 e. The number of nitrogens with two attached hydrogens (primary N) is 1. The molecule has 4 nitrogen and oxygen atoms in total. The number of nitrogen functional groups attached to an aromatic ring is 1. The first-order chi connectivity index (χ1) is 9.70. The lowest BCUT2D eigenvalue weighted by Gasteiger charge is -2.09. The summed E-state index contributed by atoms with van der Waals surface area (Å²) in [6.07, 6.45) is 4.57. The molecule has 2 rings (SSSR count). The number of aromatic nitrogens is 1. The summed E-state index contributed by atoms with van der Waals surface area (Å²) in [6.45, 7) is 4.17. The van der Waals surface area contributed by atoms with Gasteiger partial charge in [-0.1, -0.05) is 43.0 Å². The molecular formula is C16H17N3O. The van der Waals surface area contributed by atoms with Gasteiger partial charge in [-0.2, -0.15) is 0 Å². The predicted molar refractivity (Wildman–Crippen MR) is 83.2 cm³/mol. The van der Waals surface area contributed by atoms with Gasteiger partial charge >= 0.3 is 0 Å². The van der Waals surface area contributed by atoms with Gasteiger partial charge < -0.3 is 16.2 Å². The zero-order valence-corrected chi connectivity index (χ0v) is 11.1. The quantitative estimate of drug-likeness (QED) is 0.574. The van der Waals surface area contributed by atoms with Crippen LogP contribution in [0.15, 0.2) is 61.3 Å². The molecule has 4 heteroatoms. The van der Waals surface area contributed by atoms with E-state index in [-0.39, 0.29) is 5.76 Å². The number of hydrogen-bond donors (Lipinski definition) is 3. The van der Waals surface area contributed by atoms with Crippen molar-refractivity contribution in [1.82, 2.24) is 4.98 Å². The number of hydrogen-bond acceptors (Lipinski definition) is 4. The standard InChI is InChI=1S/C16H17N3O/c1-2-6-15(20)13-9-14(17)16(19-11-13)18-10-12-7-4-3-5-8-12/h2-9,11,20H,1,10,17H2,(H,18,19)/b15-6-. The van der Waals surface area contributed by atoms with Gasteiger partial charge in [0.25, 0.3) is 0 Å². The number of benzene rings is 1. The third-order valence-electron chi connectivity index (χ3n) is 2.79. The van der Waals surface area contributed by atoms with Crippen molar-refractivity contribution in [2.75, 3.05) is 11.1 Å². The fourth-order valence-corrected chi connectivity index (χ4v) is 1.76. The third kappa shape index (κ3) is 3.38. The van der Waals surface area contributed by atoms with Crippen molar-refractivity contribution >= 4 is 17.3 Å². The summed E-state index contributed by atoms with van der Waals surface area (Å²) >= 11 is 0. The fraction of sp³-hybridized carbons (Fsp3) is 0.0625. The number of pyridine rings is 1. The van der Waals surface area contributed by atoms with Crippen molar-refractivity contribution in [3.8, 4) is 0 Å². The number of aliphatic hydroxyl groups is 1. The van der Waals surface area contributed by atoms with Crippen LogP contribution in [0, 0.1) is 0 Å². The molecule has 0 saturated carbocycles. The Hall–Kier alpha value is -2.75. The molecule has 20 heavy (non-hydrogen) atoms. The van der Waals surface area contributed by atoms with Gasteiger partial charge in [-0.05, 0) is 17.7 Å². The number of anilines is 2. The highest BCUT2D eigenvalue weighted by atomic mass is 16.3. The lowest BCUT2D eigenvalue weighted by atomic mass is 10.2. The van der Waals surface area contributed by atoms with Crippen LogP contribution in [-0.2, 0) is 6.54 Å². The van der Waals surface area contributed by atoms with E-state index in [0.717, 1.165) is 5.56 Å². The minimum Gasteiger partial charge on any atom is -0.507 e. The molecule has 0 aliphatic heterocycles. The zero-order chi connectivity index (χ0) is 14.4. The summed E-state index contributed by atoms with van der Waals surface area (Å²) < 4.78 is 0. The second-order valence-corrected chi connectivity index (χ2v) is 4.29. The van der Waals surface area contributed by atoms with Crippen LogP contribution < -0.4 is 11.1 Å². The molecule has 0 unspecified atom stereocenters. The topological polar surface area (TPSA) is 71.2 Å². The Kier molecular flexibility index (Phi) is 4.39. The van der Waals surface area contributed by atoms with E-state index in [1.165, 1.54) is 12.2 Å². The van der Waals surface area contributed by atoms with Gasteiger partial charge in [0.05, 0.1) is 5.69 Å². The predicted octanol–water partition coefficient (Wildman–Crippen LogP) is 3.36. The Balaban J connectivity index is 2.10. The molecule has 102 valence electrons. The molecule has 1 heterocycles. The summed E-state index contributed by atoms with van der Waals surface area (Å²) in [7, 11) is 0. The molecule has 1 aromatic carbocycles. The summed E-state index contributed by atoms with van der Waals surface area (Å²) in [5.74, 6) is 0.692. The van der Waals surface area contributed by atoms with E-state index >= 15 is 0 Å². The van der Waals surface area contributed by atoms with Gasteiger partial charge in [-0.15, -0.1) is 0 Å². The molecule has 0 aliphatic rings. The van der Waals surface area contributed by atoms with Crippen LogP contribution in [0.1, 0.15) is 11.1 Å². The first-order valence-electron chi connectivity index (χ1n) is 6.26. The van der Waals surface area contributed by atoms with Crippen molar-refractivity contribution in [3.05, 3.63) is 72.5 Å². The minimum absolute atomic E-state index is 0.0915. The van der Waals surface area contributed by atoms with E-state index in [1.807, 2.05) is 30.3 Å². The highest BCUT2D eigenvalue weighted by Gasteiger charge is 2.05. The van der Waals surface area contributed by atoms with E-state index in [9.17, 15) is 5.11 Å². The Bertz CT molecular complexity index is 621. The van der Waals surface area contributed by atoms with Crippen LogP contribution in [0.25, 0.3) is 5.76 Å². The number of nitrogens with one attached hydrogen (secondary N) is 1. The number of aliphatic hydroxyl groups excluding tert-OH is 1. The summed E-state index contributed by atoms with van der Waals surface area (Å²) in [5, 5.41) is 12.9. The molecule has 0 aliphatic carbocycles. The molecule has 0 saturated heterocycles. The van der Waals surface area contributed by atoms with Gasteiger partial charge in [-0.25, -0.2) is 4.98 Å². The average molecular weight is 267 g/mol. The van der Waals surface area contributed by atoms with E-state index in [2.05, 4.69) is 16.9 Å². The molecule has 0 spiro atoms. The van der Waals surface area contributed by atoms with Gasteiger partial charge in [0, 0.05) is 18.3 Å². The molecule has 4 N–H and O–H groups in total. The zero-order valence-electron chi connectivity index (χ0n) is 11.1. The Morgan fingerprint density at radius 1 is 1.35 bits per heavy atom. The summed E-state index contributed by atoms with van der Waals surface area (Å²) in [4.78, 5) is 4.23. The fourth-order valence-electron chi connectivity index (χ4n) is 1.76. The molecule has 0 amide bonds. The maximum atomic E-state index is 9.72. The number of nitrogens with zero attached hydrogens (tertiary/aromatic N) is 1. The Morgan fingerprint density at radius 2 is 2.10 bits per heavy atom. The normalized spacial score (nSPS) is 11.1. The lowest BCUT2D eigenvalue weighted by molar-refractivity contribution is 0.511. The monoisotopic (exact) mass is 267 g/mol. The SMILES string of the molecule is C=C/C=C(\O)c1cnc(NCc2ccccc2)c(N)c1. The lowest BCUT2D eigenvalue weighted by Crippen LogP contribution is -2.05. The molecule has 0 bridgehead atoms. The second kappa shape index (κ2) is 6.43. The molecule has 0 fully saturated rings. The van der Waals surface area contributed by atoms with E-state index in [4.69, 9.17) is 5.73 Å². The van der Waals surface area contributed by atoms with Gasteiger partial charge in [-0.3, -0.25) is 0 Å². The van der Waals surface area contributed by atoms with Crippen LogP contribution in [0.2, 0.25) is 0 Å². The van der Waals surface area contributed by atoms with Crippen molar-refractivity contribution in [2.45, 2.75) is 6.54 Å². The van der Waals surface area contributed by atoms with Gasteiger partial charge in [0.2, 0.25) is 0 Å². The third-order valence-corrected chi connectivity index (χ3v) is 2.79. The van der Waals surface area contributed by atoms with Crippen LogP contribution in [0.4, 0.5) is 11.5 Å². The van der Waals surface area contributed by atoms with Crippen LogP contribution in [0.3, 0.4) is 0 Å². The number of allylic oxidation sites excluding steroid dienone is 2. The first-order valence-corrected chi connectivity index (χ1v) is 6.26. The molecular weight excluding hydrogens is 250 g/mol. The Labute approximate surface area is 118 Å². The minimum atomic E-state index is 0.0915. The van der Waals surface area contributed by atoms with Crippen molar-refractivity contribution in [3.63, 3.8) is 0 Å². The van der Waals surface area contributed by atoms with Crippen molar-refractivity contribution in [2.24, 2.45) is 0 Å². The van der Waals surface area contributed by atoms with E-state index < -0.39 is 0 Å². The van der Waals surface area contributed by atoms with Gasteiger partial charge in [0.1, 0.15) is 11.6 Å². The molecule has 0 atom stereocenters. The van der Waals surface area contributed by atoms with Crippen LogP contribution in [0.5, 0.6) is 0 Å².